The summed E-state index contributed by atoms with van der Waals surface area (Å²) in [5.74, 6) is -6.93. The molecule has 1 aliphatic heterocycles. The first-order valence-corrected chi connectivity index (χ1v) is 9.64. The Morgan fingerprint density at radius 3 is 2.45 bits per heavy atom. The first kappa shape index (κ1) is 26.2. The summed E-state index contributed by atoms with van der Waals surface area (Å²) in [6.45, 7) is -0.0608. The van der Waals surface area contributed by atoms with Gasteiger partial charge in [-0.25, -0.2) is 14.0 Å². The number of amides is 3. The number of nitrogens with one attached hydrogen (secondary N) is 3. The Morgan fingerprint density at radius 1 is 1.24 bits per heavy atom. The van der Waals surface area contributed by atoms with Crippen molar-refractivity contribution in [1.82, 2.24) is 10.6 Å². The van der Waals surface area contributed by atoms with Gasteiger partial charge in [-0.05, 0) is 12.1 Å². The predicted molar refractivity (Wildman–Crippen MR) is 107 cm³/mol. The molecule has 0 saturated carbocycles. The normalized spacial score (nSPS) is 28.8. The number of aliphatic hydroxyl groups excluding tert-OH is 3. The van der Waals surface area contributed by atoms with Crippen molar-refractivity contribution >= 4 is 23.6 Å². The third-order valence-electron chi connectivity index (χ3n) is 4.92. The lowest BCUT2D eigenvalue weighted by Crippen LogP contribution is -2.74. The van der Waals surface area contributed by atoms with E-state index >= 15 is 8.78 Å². The molecule has 7 N–H and O–H groups in total. The van der Waals surface area contributed by atoms with Crippen molar-refractivity contribution in [2.75, 3.05) is 19.0 Å². The summed E-state index contributed by atoms with van der Waals surface area (Å²) in [6.07, 6.45) is -9.27. The molecule has 1 aromatic rings. The molecule has 2 unspecified atom stereocenters. The number of halogens is 2. The van der Waals surface area contributed by atoms with E-state index in [2.05, 4.69) is 15.4 Å². The predicted octanol–water partition coefficient (Wildman–Crippen LogP) is -1.11. The molecule has 0 radical (unpaired) electrons. The summed E-state index contributed by atoms with van der Waals surface area (Å²) in [5, 5.41) is 44.8. The summed E-state index contributed by atoms with van der Waals surface area (Å²) in [7, 11) is 1.38. The number of ether oxygens (including phenoxy) is 2. The Labute approximate surface area is 186 Å². The molecule has 0 aliphatic carbocycles. The number of methoxy groups -OCH3 is 1. The number of hydrogen-bond donors (Lipinski definition) is 7. The van der Waals surface area contributed by atoms with Gasteiger partial charge < -0.3 is 45.9 Å². The van der Waals surface area contributed by atoms with Crippen LogP contribution in [0.4, 0.5) is 19.3 Å². The quantitative estimate of drug-likeness (QED) is 0.244. The highest BCUT2D eigenvalue weighted by atomic mass is 19.2. The van der Waals surface area contributed by atoms with Gasteiger partial charge in [0.15, 0.2) is 6.17 Å². The number of carbonyl (C=O) groups excluding carboxylic acids is 2. The minimum absolute atomic E-state index is 0.183. The molecule has 14 heteroatoms. The number of carbonyl (C=O) groups is 3. The molecule has 12 nitrogen and oxygen atoms in total. The molecular weight excluding hydrogens is 452 g/mol. The Kier molecular flexibility index (Phi) is 8.49. The maximum absolute atomic E-state index is 15.1. The van der Waals surface area contributed by atoms with E-state index < -0.39 is 66.9 Å². The second kappa shape index (κ2) is 10.7. The molecule has 1 heterocycles. The minimum Gasteiger partial charge on any atom is -0.497 e. The first-order valence-electron chi connectivity index (χ1n) is 9.64. The fraction of sp³-hybridized carbons (Fsp3) is 0.526. The number of hydrogen-bond acceptors (Lipinski definition) is 8. The van der Waals surface area contributed by atoms with Crippen molar-refractivity contribution in [3.8, 4) is 5.75 Å². The van der Waals surface area contributed by atoms with E-state index in [1.165, 1.54) is 25.3 Å². The van der Waals surface area contributed by atoms with Crippen molar-refractivity contribution in [2.45, 2.75) is 49.3 Å². The highest BCUT2D eigenvalue weighted by Gasteiger charge is 2.63. The molecular formula is C19H25F2N3O9. The first-order chi connectivity index (χ1) is 15.4. The van der Waals surface area contributed by atoms with Crippen molar-refractivity contribution in [2.24, 2.45) is 0 Å². The number of carboxylic acid groups (broad SMARTS) is 1. The van der Waals surface area contributed by atoms with Crippen LogP contribution in [0.3, 0.4) is 0 Å². The standard InChI is InChI=1S/C19H25F2N3O9/c1-8(26)22-12-13(24-18(31)23-9-4-3-5-10(6-9)32-2)16(20)19(21,17(29)30)33-15(12)14(28)11(27)7-25/h3-6,11-16,25,27-28H,7H2,1-2H3,(H,22,26)(H,29,30)(H2,23,24,31)/t11-,12-,13-,14-,15-,16?,19?/m1/s1. The van der Waals surface area contributed by atoms with E-state index in [4.69, 9.17) is 9.84 Å². The summed E-state index contributed by atoms with van der Waals surface area (Å²) < 4.78 is 39.8. The van der Waals surface area contributed by atoms with Crippen molar-refractivity contribution in [3.05, 3.63) is 24.3 Å². The summed E-state index contributed by atoms with van der Waals surface area (Å²) >= 11 is 0. The molecule has 1 aromatic carbocycles. The Bertz CT molecular complexity index is 877. The molecule has 0 bridgehead atoms. The molecule has 184 valence electrons. The molecule has 33 heavy (non-hydrogen) atoms. The van der Waals surface area contributed by atoms with E-state index in [9.17, 15) is 29.7 Å². The van der Waals surface area contributed by atoms with Crippen molar-refractivity contribution in [3.63, 3.8) is 0 Å². The lowest BCUT2D eigenvalue weighted by Gasteiger charge is -2.47. The third-order valence-corrected chi connectivity index (χ3v) is 4.92. The van der Waals surface area contributed by atoms with Crippen molar-refractivity contribution in [1.29, 1.82) is 0 Å². The van der Waals surface area contributed by atoms with Crippen LogP contribution >= 0.6 is 0 Å². The van der Waals surface area contributed by atoms with Crippen LogP contribution in [0.5, 0.6) is 5.75 Å². The molecule has 1 fully saturated rings. The van der Waals surface area contributed by atoms with Crippen LogP contribution in [0, 0.1) is 0 Å². The third kappa shape index (κ3) is 5.84. The van der Waals surface area contributed by atoms with Crippen LogP contribution in [0.1, 0.15) is 6.92 Å². The van der Waals surface area contributed by atoms with Gasteiger partial charge in [-0.2, -0.15) is 4.39 Å². The lowest BCUT2D eigenvalue weighted by molar-refractivity contribution is -0.277. The molecule has 3 amide bonds. The van der Waals surface area contributed by atoms with Crippen LogP contribution < -0.4 is 20.7 Å². The molecule has 0 aromatic heterocycles. The zero-order valence-electron chi connectivity index (χ0n) is 17.6. The number of aliphatic carboxylic acids is 1. The van der Waals surface area contributed by atoms with Crippen LogP contribution in [0.25, 0.3) is 0 Å². The Morgan fingerprint density at radius 2 is 1.91 bits per heavy atom. The average Bonchev–Trinajstić information content (AvgIpc) is 2.77. The molecule has 1 aliphatic rings. The second-order valence-electron chi connectivity index (χ2n) is 7.26. The van der Waals surface area contributed by atoms with Gasteiger partial charge in [0.25, 0.3) is 0 Å². The molecule has 0 spiro atoms. The number of anilines is 1. The van der Waals surface area contributed by atoms with E-state index in [0.29, 0.717) is 5.75 Å². The number of aliphatic hydroxyl groups is 3. The van der Waals surface area contributed by atoms with E-state index in [1.54, 1.807) is 6.07 Å². The number of alkyl halides is 2. The van der Waals surface area contributed by atoms with Gasteiger partial charge in [0.05, 0.1) is 25.8 Å². The van der Waals surface area contributed by atoms with Crippen molar-refractivity contribution < 1.29 is 53.1 Å². The summed E-state index contributed by atoms with van der Waals surface area (Å²) in [4.78, 5) is 35.6. The number of urea groups is 1. The van der Waals surface area contributed by atoms with Gasteiger partial charge in [0, 0.05) is 18.7 Å². The fourth-order valence-electron chi connectivity index (χ4n) is 3.32. The second-order valence-corrected chi connectivity index (χ2v) is 7.26. The largest absolute Gasteiger partial charge is 0.497 e. The maximum Gasteiger partial charge on any atom is 0.372 e. The van der Waals surface area contributed by atoms with Gasteiger partial charge in [-0.3, -0.25) is 4.79 Å². The van der Waals surface area contributed by atoms with Gasteiger partial charge in [0.1, 0.15) is 24.1 Å². The highest BCUT2D eigenvalue weighted by molar-refractivity contribution is 5.90. The highest BCUT2D eigenvalue weighted by Crippen LogP contribution is 2.36. The molecule has 2 rings (SSSR count). The van der Waals surface area contributed by atoms with Gasteiger partial charge in [0.2, 0.25) is 5.91 Å². The Hall–Kier alpha value is -3.07. The molecule has 1 saturated heterocycles. The zero-order chi connectivity index (χ0) is 24.9. The van der Waals surface area contributed by atoms with Gasteiger partial charge in [-0.1, -0.05) is 6.07 Å². The summed E-state index contributed by atoms with van der Waals surface area (Å²) in [5.41, 5.74) is 0.183. The van der Waals surface area contributed by atoms with E-state index in [1.807, 2.05) is 5.32 Å². The van der Waals surface area contributed by atoms with Gasteiger partial charge in [-0.15, -0.1) is 0 Å². The SMILES string of the molecule is COc1cccc(NC(=O)N[C@H]2C(F)C(F)(C(=O)O)O[C@@H]([C@H](O)[C@H](O)CO)[C@@H]2NC(C)=O)c1. The van der Waals surface area contributed by atoms with E-state index in [0.717, 1.165) is 6.92 Å². The molecule has 7 atom stereocenters. The number of benzene rings is 1. The van der Waals surface area contributed by atoms with Crippen LogP contribution in [-0.4, -0.2) is 94.5 Å². The maximum atomic E-state index is 15.1. The topological polar surface area (TPSA) is 187 Å². The van der Waals surface area contributed by atoms with E-state index in [-0.39, 0.29) is 5.69 Å². The van der Waals surface area contributed by atoms with Gasteiger partial charge >= 0.3 is 17.9 Å². The number of carboxylic acids is 1. The average molecular weight is 477 g/mol. The summed E-state index contributed by atoms with van der Waals surface area (Å²) in [6, 6.07) is 1.02. The zero-order valence-corrected chi connectivity index (χ0v) is 17.6. The minimum atomic E-state index is -4.07. The fourth-order valence-corrected chi connectivity index (χ4v) is 3.32. The monoisotopic (exact) mass is 477 g/mol. The van der Waals surface area contributed by atoms with Crippen LogP contribution in [-0.2, 0) is 14.3 Å². The van der Waals surface area contributed by atoms with Crippen LogP contribution in [0.2, 0.25) is 0 Å². The lowest BCUT2D eigenvalue weighted by atomic mass is 9.86. The van der Waals surface area contributed by atoms with Crippen LogP contribution in [0.15, 0.2) is 24.3 Å². The smallest absolute Gasteiger partial charge is 0.372 e. The number of rotatable bonds is 8. The Balaban J connectivity index is 2.40.